The Bertz CT molecular complexity index is 1740. The minimum absolute atomic E-state index is 0.0373. The molecule has 0 bridgehead atoms. The summed E-state index contributed by atoms with van der Waals surface area (Å²) in [6.45, 7) is 9.41. The van der Waals surface area contributed by atoms with Crippen LogP contribution in [0.15, 0.2) is 66.4 Å². The van der Waals surface area contributed by atoms with E-state index >= 15 is 0 Å². The Morgan fingerprint density at radius 3 is 2.32 bits per heavy atom. The van der Waals surface area contributed by atoms with E-state index < -0.39 is 53.6 Å². The van der Waals surface area contributed by atoms with Crippen LogP contribution in [-0.4, -0.2) is 89.5 Å². The molecule has 4 unspecified atom stereocenters. The molecule has 1 heterocycles. The average Bonchev–Trinajstić information content (AvgIpc) is 3.58. The van der Waals surface area contributed by atoms with Crippen molar-refractivity contribution in [1.29, 1.82) is 0 Å². The van der Waals surface area contributed by atoms with Gasteiger partial charge in [0.15, 0.2) is 5.79 Å². The van der Waals surface area contributed by atoms with Crippen LogP contribution >= 0.6 is 0 Å². The van der Waals surface area contributed by atoms with E-state index in [1.165, 1.54) is 6.26 Å². The Balaban J connectivity index is 1.48. The van der Waals surface area contributed by atoms with Crippen LogP contribution in [0.2, 0.25) is 0 Å². The van der Waals surface area contributed by atoms with E-state index in [1.807, 2.05) is 6.07 Å². The molecule has 0 aromatic heterocycles. The van der Waals surface area contributed by atoms with Gasteiger partial charge in [-0.3, -0.25) is 14.4 Å². The van der Waals surface area contributed by atoms with Gasteiger partial charge in [-0.15, -0.1) is 0 Å². The van der Waals surface area contributed by atoms with Gasteiger partial charge >= 0.3 is 11.9 Å². The van der Waals surface area contributed by atoms with Crippen molar-refractivity contribution in [2.45, 2.75) is 148 Å². The first-order valence-electron chi connectivity index (χ1n) is 21.1. The highest BCUT2D eigenvalue weighted by Gasteiger charge is 2.52. The highest BCUT2D eigenvalue weighted by atomic mass is 16.8. The van der Waals surface area contributed by atoms with Crippen LogP contribution in [0.4, 0.5) is 0 Å². The first-order chi connectivity index (χ1) is 28.3. The van der Waals surface area contributed by atoms with Crippen LogP contribution in [0.25, 0.3) is 6.08 Å². The topological polar surface area (TPSA) is 179 Å². The van der Waals surface area contributed by atoms with Gasteiger partial charge in [-0.25, -0.2) is 4.79 Å². The second-order valence-electron chi connectivity index (χ2n) is 16.2. The largest absolute Gasteiger partial charge is 0.499 e. The molecule has 13 heteroatoms. The molecule has 2 aliphatic rings. The molecule has 59 heavy (non-hydrogen) atoms. The van der Waals surface area contributed by atoms with Crippen LogP contribution in [0, 0.1) is 0 Å². The lowest BCUT2D eigenvalue weighted by Crippen LogP contribution is -2.43. The minimum Gasteiger partial charge on any atom is -0.499 e. The zero-order valence-corrected chi connectivity index (χ0v) is 35.3. The lowest BCUT2D eigenvalue weighted by Gasteiger charge is -2.31. The first-order valence-corrected chi connectivity index (χ1v) is 21.1. The van der Waals surface area contributed by atoms with Crippen LogP contribution < -0.4 is 10.6 Å². The number of carbonyl (C=O) groups is 4. The van der Waals surface area contributed by atoms with E-state index in [2.05, 4.69) is 24.5 Å². The number of unbranched alkanes of at least 4 members (excludes halogenated alkanes) is 4. The van der Waals surface area contributed by atoms with Gasteiger partial charge in [0.2, 0.25) is 5.91 Å². The third-order valence-corrected chi connectivity index (χ3v) is 10.1. The fourth-order valence-corrected chi connectivity index (χ4v) is 7.10. The third-order valence-electron chi connectivity index (χ3n) is 10.1. The summed E-state index contributed by atoms with van der Waals surface area (Å²) in [6, 6.07) is 13.0. The summed E-state index contributed by atoms with van der Waals surface area (Å²) in [7, 11) is 0. The molecule has 4 N–H and O–H groups in total. The summed E-state index contributed by atoms with van der Waals surface area (Å²) in [5.74, 6) is -2.64. The van der Waals surface area contributed by atoms with Crippen molar-refractivity contribution < 1.29 is 53.1 Å². The average molecular weight is 821 g/mol. The maximum Gasteiger partial charge on any atom is 0.338 e. The normalized spacial score (nSPS) is 19.0. The predicted octanol–water partition coefficient (Wildman–Crippen LogP) is 6.69. The second kappa shape index (κ2) is 23.3. The van der Waals surface area contributed by atoms with Gasteiger partial charge < -0.3 is 44.5 Å². The lowest BCUT2D eigenvalue weighted by atomic mass is 9.91. The number of ether oxygens (including phenoxy) is 5. The van der Waals surface area contributed by atoms with Gasteiger partial charge in [-0.05, 0) is 87.6 Å². The van der Waals surface area contributed by atoms with E-state index in [4.69, 9.17) is 28.8 Å². The number of nitrogens with one attached hydrogen (secondary N) is 2. The first kappa shape index (κ1) is 47.1. The fraction of sp³-hybridized carbons (Fsp3) is 0.565. The van der Waals surface area contributed by atoms with Crippen LogP contribution in [0.5, 0.6) is 0 Å². The van der Waals surface area contributed by atoms with Crippen LogP contribution in [0.3, 0.4) is 0 Å². The SMILES string of the molecule is CCCCCC1(CCCCC)OC2C=C(C(=O)NCc3cccc(C(=O)NC(CO)CCC(=O)OC(C)(C)C)c3)CC(OC(=O)c3cccc(C=COCCO)c3)C2O1. The van der Waals surface area contributed by atoms with Gasteiger partial charge in [0.25, 0.3) is 5.91 Å². The van der Waals surface area contributed by atoms with Crippen molar-refractivity contribution in [1.82, 2.24) is 10.6 Å². The molecule has 2 aromatic carbocycles. The molecule has 0 spiro atoms. The summed E-state index contributed by atoms with van der Waals surface area (Å²) in [5.41, 5.74) is 1.78. The monoisotopic (exact) mass is 820 g/mol. The quantitative estimate of drug-likeness (QED) is 0.0533. The summed E-state index contributed by atoms with van der Waals surface area (Å²) >= 11 is 0. The van der Waals surface area contributed by atoms with Crippen molar-refractivity contribution in [2.75, 3.05) is 19.8 Å². The number of aliphatic hydroxyl groups excluding tert-OH is 2. The Morgan fingerprint density at radius 1 is 0.932 bits per heavy atom. The summed E-state index contributed by atoms with van der Waals surface area (Å²) in [5, 5.41) is 24.6. The minimum atomic E-state index is -0.863. The number of carbonyl (C=O) groups excluding carboxylic acids is 4. The Labute approximate surface area is 348 Å². The zero-order valence-electron chi connectivity index (χ0n) is 35.3. The Kier molecular flexibility index (Phi) is 18.6. The number of fused-ring (bicyclic) bond motifs is 1. The second-order valence-corrected chi connectivity index (χ2v) is 16.2. The molecule has 0 saturated carbocycles. The van der Waals surface area contributed by atoms with Gasteiger partial charge in [0.05, 0.1) is 31.1 Å². The number of esters is 2. The third kappa shape index (κ3) is 15.2. The smallest absolute Gasteiger partial charge is 0.338 e. The summed E-state index contributed by atoms with van der Waals surface area (Å²) in [4.78, 5) is 52.9. The zero-order chi connectivity index (χ0) is 42.8. The lowest BCUT2D eigenvalue weighted by molar-refractivity contribution is -0.190. The Morgan fingerprint density at radius 2 is 1.64 bits per heavy atom. The van der Waals surface area contributed by atoms with Gasteiger partial charge in [0, 0.05) is 43.4 Å². The molecule has 324 valence electrons. The van der Waals surface area contributed by atoms with E-state index in [0.29, 0.717) is 40.7 Å². The highest BCUT2D eigenvalue weighted by Crippen LogP contribution is 2.43. The Hall–Kier alpha value is -4.56. The van der Waals surface area contributed by atoms with E-state index in [1.54, 1.807) is 75.4 Å². The number of aliphatic hydroxyl groups is 2. The molecular formula is C46H64N2O11. The number of hydrogen-bond donors (Lipinski definition) is 4. The van der Waals surface area contributed by atoms with Crippen molar-refractivity contribution in [3.63, 3.8) is 0 Å². The molecule has 0 radical (unpaired) electrons. The van der Waals surface area contributed by atoms with Crippen molar-refractivity contribution in [2.24, 2.45) is 0 Å². The number of amides is 2. The highest BCUT2D eigenvalue weighted by molar-refractivity contribution is 5.95. The molecule has 4 atom stereocenters. The molecule has 4 rings (SSSR count). The maximum absolute atomic E-state index is 13.9. The molecule has 2 amide bonds. The number of benzene rings is 2. The molecule has 1 saturated heterocycles. The molecule has 13 nitrogen and oxygen atoms in total. The maximum atomic E-state index is 13.9. The van der Waals surface area contributed by atoms with Crippen LogP contribution in [-0.2, 0) is 39.8 Å². The summed E-state index contributed by atoms with van der Waals surface area (Å²) in [6.07, 6.45) is 10.6. The van der Waals surface area contributed by atoms with Crippen molar-refractivity contribution in [3.8, 4) is 0 Å². The standard InChI is InChI=1S/C46H64N2O11/c1-6-8-10-21-46(22-11-9-7-2)57-39-29-36(28-38(41(39)59-46)56-44(54)35-17-12-14-32(26-35)20-24-55-25-23-49)42(52)47-30-33-15-13-16-34(27-33)43(53)48-37(31-50)18-19-40(51)58-45(3,4)5/h12-17,20,24,26-27,29,37-39,41,49-50H,6-11,18-19,21-23,25,28,30-31H2,1-5H3,(H,47,52)(H,48,53). The molecule has 1 fully saturated rings. The van der Waals surface area contributed by atoms with Crippen LogP contribution in [0.1, 0.15) is 137 Å². The molecule has 1 aliphatic carbocycles. The number of hydrogen-bond acceptors (Lipinski definition) is 11. The summed E-state index contributed by atoms with van der Waals surface area (Å²) < 4.78 is 30.2. The molecular weight excluding hydrogens is 757 g/mol. The van der Waals surface area contributed by atoms with E-state index in [0.717, 1.165) is 38.5 Å². The van der Waals surface area contributed by atoms with Gasteiger partial charge in [-0.2, -0.15) is 0 Å². The number of rotatable bonds is 23. The van der Waals surface area contributed by atoms with Crippen molar-refractivity contribution in [3.05, 3.63) is 88.7 Å². The van der Waals surface area contributed by atoms with Gasteiger partial charge in [0.1, 0.15) is 30.5 Å². The van der Waals surface area contributed by atoms with E-state index in [-0.39, 0.29) is 51.5 Å². The molecule has 1 aliphatic heterocycles. The van der Waals surface area contributed by atoms with Crippen molar-refractivity contribution >= 4 is 29.8 Å². The fourth-order valence-electron chi connectivity index (χ4n) is 7.10. The van der Waals surface area contributed by atoms with E-state index in [9.17, 15) is 24.3 Å². The molecule has 2 aromatic rings. The predicted molar refractivity (Wildman–Crippen MR) is 223 cm³/mol. The van der Waals surface area contributed by atoms with Gasteiger partial charge in [-0.1, -0.05) is 63.8 Å².